The van der Waals surface area contributed by atoms with Gasteiger partial charge in [-0.05, 0) is 30.5 Å². The van der Waals surface area contributed by atoms with E-state index in [9.17, 15) is 4.79 Å². The highest BCUT2D eigenvalue weighted by molar-refractivity contribution is 5.84. The quantitative estimate of drug-likeness (QED) is 0.754. The number of hydrogen-bond donors (Lipinski definition) is 1. The van der Waals surface area contributed by atoms with E-state index in [1.807, 2.05) is 30.2 Å². The Labute approximate surface area is 158 Å². The maximum Gasteiger partial charge on any atom is 0.316 e. The third-order valence-corrected chi connectivity index (χ3v) is 5.11. The van der Waals surface area contributed by atoms with Crippen LogP contribution in [-0.2, 0) is 11.2 Å². The van der Waals surface area contributed by atoms with E-state index >= 15 is 0 Å². The molecule has 0 atom stereocenters. The average Bonchev–Trinajstić information content (AvgIpc) is 3.12. The number of hydrogen-bond acceptors (Lipinski definition) is 4. The van der Waals surface area contributed by atoms with Gasteiger partial charge in [-0.25, -0.2) is 9.97 Å². The summed E-state index contributed by atoms with van der Waals surface area (Å²) >= 11 is 0. The lowest BCUT2D eigenvalue weighted by Gasteiger charge is -2.31. The maximum absolute atomic E-state index is 12.6. The summed E-state index contributed by atoms with van der Waals surface area (Å²) in [5.74, 6) is 0.213. The lowest BCUT2D eigenvalue weighted by Crippen LogP contribution is -2.42. The second-order valence-electron chi connectivity index (χ2n) is 7.10. The van der Waals surface area contributed by atoms with E-state index in [4.69, 9.17) is 4.74 Å². The topological polar surface area (TPSA) is 71.1 Å². The van der Waals surface area contributed by atoms with Crippen LogP contribution in [0, 0.1) is 6.92 Å². The molecule has 0 radical (unpaired) electrons. The van der Waals surface area contributed by atoms with Crippen LogP contribution in [0.1, 0.15) is 30.4 Å². The SMILES string of the molecule is Cc1cnc(OC2CCN(C(=O)CCc3c[nH]c4ccccc34)CC2)nc1. The lowest BCUT2D eigenvalue weighted by atomic mass is 10.1. The first-order valence-electron chi connectivity index (χ1n) is 9.47. The van der Waals surface area contributed by atoms with E-state index in [0.29, 0.717) is 12.4 Å². The van der Waals surface area contributed by atoms with Crippen LogP contribution in [0.3, 0.4) is 0 Å². The molecule has 1 aromatic carbocycles. The Morgan fingerprint density at radius 2 is 1.96 bits per heavy atom. The van der Waals surface area contributed by atoms with E-state index in [0.717, 1.165) is 43.4 Å². The number of aromatic nitrogens is 3. The van der Waals surface area contributed by atoms with Gasteiger partial charge < -0.3 is 14.6 Å². The number of rotatable bonds is 5. The fraction of sp³-hybridized carbons (Fsp3) is 0.381. The molecule has 3 heterocycles. The van der Waals surface area contributed by atoms with Crippen molar-refractivity contribution in [2.45, 2.75) is 38.7 Å². The van der Waals surface area contributed by atoms with Crippen LogP contribution < -0.4 is 4.74 Å². The molecule has 3 aromatic rings. The molecule has 0 aliphatic carbocycles. The third-order valence-electron chi connectivity index (χ3n) is 5.11. The summed E-state index contributed by atoms with van der Waals surface area (Å²) in [6.07, 6.45) is 8.53. The van der Waals surface area contributed by atoms with Gasteiger partial charge in [0.2, 0.25) is 5.91 Å². The molecule has 6 heteroatoms. The number of para-hydroxylation sites is 1. The number of carbonyl (C=O) groups is 1. The van der Waals surface area contributed by atoms with Crippen LogP contribution >= 0.6 is 0 Å². The van der Waals surface area contributed by atoms with Crippen LogP contribution in [0.25, 0.3) is 10.9 Å². The molecule has 140 valence electrons. The number of amides is 1. The summed E-state index contributed by atoms with van der Waals surface area (Å²) in [7, 11) is 0. The third kappa shape index (κ3) is 4.10. The first kappa shape index (κ1) is 17.5. The first-order valence-corrected chi connectivity index (χ1v) is 9.47. The number of H-pyrrole nitrogens is 1. The van der Waals surface area contributed by atoms with Crippen molar-refractivity contribution in [1.29, 1.82) is 0 Å². The number of benzene rings is 1. The van der Waals surface area contributed by atoms with Crippen molar-refractivity contribution in [2.75, 3.05) is 13.1 Å². The molecular weight excluding hydrogens is 340 g/mol. The highest BCUT2D eigenvalue weighted by atomic mass is 16.5. The molecule has 1 aliphatic rings. The smallest absolute Gasteiger partial charge is 0.316 e. The number of carbonyl (C=O) groups excluding carboxylic acids is 1. The Balaban J connectivity index is 1.26. The molecular formula is C21H24N4O2. The van der Waals surface area contributed by atoms with Crippen LogP contribution in [0.5, 0.6) is 6.01 Å². The standard InChI is InChI=1S/C21H24N4O2/c1-15-12-23-21(24-13-15)27-17-8-10-25(11-9-17)20(26)7-6-16-14-22-19-5-3-2-4-18(16)19/h2-5,12-14,17,22H,6-11H2,1H3. The number of piperidine rings is 1. The Hall–Kier alpha value is -2.89. The summed E-state index contributed by atoms with van der Waals surface area (Å²) < 4.78 is 5.84. The number of aryl methyl sites for hydroxylation is 2. The van der Waals surface area contributed by atoms with E-state index < -0.39 is 0 Å². The second kappa shape index (κ2) is 7.78. The highest BCUT2D eigenvalue weighted by Crippen LogP contribution is 2.21. The molecule has 1 N–H and O–H groups in total. The number of nitrogens with one attached hydrogen (secondary N) is 1. The van der Waals surface area contributed by atoms with E-state index in [1.165, 1.54) is 10.9 Å². The predicted octanol–water partition coefficient (Wildman–Crippen LogP) is 3.27. The normalized spacial score (nSPS) is 15.2. The van der Waals surface area contributed by atoms with Crippen molar-refractivity contribution in [3.05, 3.63) is 54.0 Å². The number of fused-ring (bicyclic) bond motifs is 1. The average molecular weight is 364 g/mol. The molecule has 27 heavy (non-hydrogen) atoms. The minimum absolute atomic E-state index is 0.0744. The zero-order chi connectivity index (χ0) is 18.6. The van der Waals surface area contributed by atoms with E-state index in [2.05, 4.69) is 27.1 Å². The van der Waals surface area contributed by atoms with E-state index in [1.54, 1.807) is 12.4 Å². The van der Waals surface area contributed by atoms with E-state index in [-0.39, 0.29) is 12.0 Å². The van der Waals surface area contributed by atoms with Gasteiger partial charge in [0.1, 0.15) is 6.10 Å². The highest BCUT2D eigenvalue weighted by Gasteiger charge is 2.24. The Morgan fingerprint density at radius 1 is 1.22 bits per heavy atom. The van der Waals surface area contributed by atoms with Gasteiger partial charge in [-0.3, -0.25) is 4.79 Å². The van der Waals surface area contributed by atoms with Crippen molar-refractivity contribution in [3.63, 3.8) is 0 Å². The minimum atomic E-state index is 0.0744. The molecule has 0 bridgehead atoms. The monoisotopic (exact) mass is 364 g/mol. The molecule has 0 spiro atoms. The van der Waals surface area contributed by atoms with Crippen LogP contribution in [0.4, 0.5) is 0 Å². The molecule has 2 aromatic heterocycles. The van der Waals surface area contributed by atoms with Crippen LogP contribution in [0.15, 0.2) is 42.9 Å². The van der Waals surface area contributed by atoms with Crippen LogP contribution in [0.2, 0.25) is 0 Å². The molecule has 6 nitrogen and oxygen atoms in total. The van der Waals surface area contributed by atoms with Gasteiger partial charge in [0.25, 0.3) is 0 Å². The summed E-state index contributed by atoms with van der Waals surface area (Å²) in [5, 5.41) is 1.20. The number of ether oxygens (including phenoxy) is 1. The zero-order valence-corrected chi connectivity index (χ0v) is 15.5. The van der Waals surface area contributed by atoms with Crippen molar-refractivity contribution < 1.29 is 9.53 Å². The van der Waals surface area contributed by atoms with Gasteiger partial charge in [0.15, 0.2) is 0 Å². The number of likely N-dealkylation sites (tertiary alicyclic amines) is 1. The molecule has 0 saturated carbocycles. The second-order valence-corrected chi connectivity index (χ2v) is 7.10. The summed E-state index contributed by atoms with van der Waals surface area (Å²) in [6, 6.07) is 8.63. The fourth-order valence-electron chi connectivity index (χ4n) is 3.55. The molecule has 1 fully saturated rings. The fourth-order valence-corrected chi connectivity index (χ4v) is 3.55. The van der Waals surface area contributed by atoms with Crippen molar-refractivity contribution in [3.8, 4) is 6.01 Å². The Bertz CT molecular complexity index is 911. The molecule has 1 amide bonds. The lowest BCUT2D eigenvalue weighted by molar-refractivity contribution is -0.132. The molecule has 1 saturated heterocycles. The van der Waals surface area contributed by atoms with Gasteiger partial charge in [0.05, 0.1) is 0 Å². The maximum atomic E-state index is 12.6. The van der Waals surface area contributed by atoms with Gasteiger partial charge in [-0.15, -0.1) is 0 Å². The van der Waals surface area contributed by atoms with Crippen molar-refractivity contribution in [1.82, 2.24) is 19.9 Å². The van der Waals surface area contributed by atoms with Crippen molar-refractivity contribution >= 4 is 16.8 Å². The van der Waals surface area contributed by atoms with Crippen molar-refractivity contribution in [2.24, 2.45) is 0 Å². The Morgan fingerprint density at radius 3 is 2.74 bits per heavy atom. The summed E-state index contributed by atoms with van der Waals surface area (Å²) in [5.41, 5.74) is 3.34. The van der Waals surface area contributed by atoms with Gasteiger partial charge in [0, 0.05) is 61.8 Å². The largest absolute Gasteiger partial charge is 0.460 e. The summed E-state index contributed by atoms with van der Waals surface area (Å²) in [6.45, 7) is 3.40. The molecule has 0 unspecified atom stereocenters. The van der Waals surface area contributed by atoms with Gasteiger partial charge in [-0.2, -0.15) is 0 Å². The van der Waals surface area contributed by atoms with Gasteiger partial charge >= 0.3 is 6.01 Å². The zero-order valence-electron chi connectivity index (χ0n) is 15.5. The number of nitrogens with zero attached hydrogens (tertiary/aromatic N) is 3. The molecule has 1 aliphatic heterocycles. The molecule has 4 rings (SSSR count). The number of aromatic amines is 1. The van der Waals surface area contributed by atoms with Crippen LogP contribution in [-0.4, -0.2) is 45.0 Å². The van der Waals surface area contributed by atoms with Gasteiger partial charge in [-0.1, -0.05) is 18.2 Å². The predicted molar refractivity (Wildman–Crippen MR) is 104 cm³/mol. The summed E-state index contributed by atoms with van der Waals surface area (Å²) in [4.78, 5) is 26.2. The first-order chi connectivity index (χ1) is 13.2. The Kier molecular flexibility index (Phi) is 5.05. The minimum Gasteiger partial charge on any atom is -0.460 e.